The standard InChI is InChI=1S/C15H21NO2/c17-15(6-8-16-9-7-15)11-12-5-10-18-14-4-2-1-3-13(12)14/h1-4,12,16-17H,5-11H2. The summed E-state index contributed by atoms with van der Waals surface area (Å²) in [4.78, 5) is 0. The number of hydrogen-bond donors (Lipinski definition) is 2. The Morgan fingerprint density at radius 2 is 2.06 bits per heavy atom. The summed E-state index contributed by atoms with van der Waals surface area (Å²) in [5, 5.41) is 14.0. The maximum Gasteiger partial charge on any atom is 0.122 e. The van der Waals surface area contributed by atoms with Crippen LogP contribution in [-0.4, -0.2) is 30.4 Å². The lowest BCUT2D eigenvalue weighted by Crippen LogP contribution is -2.43. The van der Waals surface area contributed by atoms with Crippen molar-refractivity contribution in [2.24, 2.45) is 0 Å². The topological polar surface area (TPSA) is 41.5 Å². The summed E-state index contributed by atoms with van der Waals surface area (Å²) in [7, 11) is 0. The zero-order chi connectivity index (χ0) is 12.4. The van der Waals surface area contributed by atoms with E-state index in [1.54, 1.807) is 0 Å². The van der Waals surface area contributed by atoms with E-state index in [1.807, 2.05) is 12.1 Å². The van der Waals surface area contributed by atoms with Crippen LogP contribution in [0.25, 0.3) is 0 Å². The van der Waals surface area contributed by atoms with Crippen molar-refractivity contribution in [3.63, 3.8) is 0 Å². The highest BCUT2D eigenvalue weighted by atomic mass is 16.5. The molecule has 0 aliphatic carbocycles. The molecule has 1 unspecified atom stereocenters. The van der Waals surface area contributed by atoms with Crippen LogP contribution < -0.4 is 10.1 Å². The zero-order valence-electron chi connectivity index (χ0n) is 10.7. The number of benzene rings is 1. The molecule has 0 bridgehead atoms. The summed E-state index contributed by atoms with van der Waals surface area (Å²) < 4.78 is 5.68. The van der Waals surface area contributed by atoms with Crippen molar-refractivity contribution >= 4 is 0 Å². The Balaban J connectivity index is 1.77. The third-order valence-corrected chi connectivity index (χ3v) is 4.24. The Morgan fingerprint density at radius 1 is 1.28 bits per heavy atom. The number of rotatable bonds is 2. The van der Waals surface area contributed by atoms with Crippen LogP contribution in [0.1, 0.15) is 37.2 Å². The van der Waals surface area contributed by atoms with Gasteiger partial charge in [-0.2, -0.15) is 0 Å². The second kappa shape index (κ2) is 4.90. The molecule has 2 N–H and O–H groups in total. The normalized spacial score (nSPS) is 26.2. The quantitative estimate of drug-likeness (QED) is 0.840. The van der Waals surface area contributed by atoms with Gasteiger partial charge in [0, 0.05) is 0 Å². The van der Waals surface area contributed by atoms with Crippen molar-refractivity contribution < 1.29 is 9.84 Å². The lowest BCUT2D eigenvalue weighted by atomic mass is 9.78. The van der Waals surface area contributed by atoms with Crippen LogP contribution in [0, 0.1) is 0 Å². The fraction of sp³-hybridized carbons (Fsp3) is 0.600. The van der Waals surface area contributed by atoms with E-state index in [2.05, 4.69) is 17.4 Å². The largest absolute Gasteiger partial charge is 0.493 e. The lowest BCUT2D eigenvalue weighted by Gasteiger charge is -2.37. The average Bonchev–Trinajstić information content (AvgIpc) is 2.40. The first kappa shape index (κ1) is 12.0. The van der Waals surface area contributed by atoms with Crippen molar-refractivity contribution in [3.8, 4) is 5.75 Å². The highest BCUT2D eigenvalue weighted by molar-refractivity contribution is 5.38. The molecule has 2 aliphatic rings. The fourth-order valence-electron chi connectivity index (χ4n) is 3.18. The van der Waals surface area contributed by atoms with E-state index in [0.29, 0.717) is 5.92 Å². The number of ether oxygens (including phenoxy) is 1. The monoisotopic (exact) mass is 247 g/mol. The van der Waals surface area contributed by atoms with Crippen LogP contribution in [0.3, 0.4) is 0 Å². The van der Waals surface area contributed by atoms with E-state index in [-0.39, 0.29) is 0 Å². The third kappa shape index (κ3) is 2.38. The Hall–Kier alpha value is -1.06. The van der Waals surface area contributed by atoms with Gasteiger partial charge >= 0.3 is 0 Å². The SMILES string of the molecule is OC1(CC2CCOc3ccccc32)CCNCC1. The predicted molar refractivity (Wildman–Crippen MR) is 71.0 cm³/mol. The smallest absolute Gasteiger partial charge is 0.122 e. The number of nitrogens with one attached hydrogen (secondary N) is 1. The van der Waals surface area contributed by atoms with Crippen LogP contribution in [-0.2, 0) is 0 Å². The number of aliphatic hydroxyl groups is 1. The van der Waals surface area contributed by atoms with Crippen molar-refractivity contribution in [1.29, 1.82) is 0 Å². The van der Waals surface area contributed by atoms with E-state index < -0.39 is 5.60 Å². The molecule has 0 aromatic heterocycles. The molecule has 0 saturated carbocycles. The molecule has 1 saturated heterocycles. The maximum absolute atomic E-state index is 10.7. The second-order valence-corrected chi connectivity index (χ2v) is 5.55. The summed E-state index contributed by atoms with van der Waals surface area (Å²) >= 11 is 0. The van der Waals surface area contributed by atoms with Gasteiger partial charge in [-0.25, -0.2) is 0 Å². The minimum absolute atomic E-state index is 0.443. The van der Waals surface area contributed by atoms with Gasteiger partial charge < -0.3 is 15.2 Å². The molecule has 3 heteroatoms. The van der Waals surface area contributed by atoms with Gasteiger partial charge in [0.2, 0.25) is 0 Å². The highest BCUT2D eigenvalue weighted by Crippen LogP contribution is 2.40. The van der Waals surface area contributed by atoms with Crippen molar-refractivity contribution in [1.82, 2.24) is 5.32 Å². The van der Waals surface area contributed by atoms with Crippen LogP contribution >= 0.6 is 0 Å². The molecule has 3 nitrogen and oxygen atoms in total. The molecule has 2 aliphatic heterocycles. The molecule has 1 aromatic carbocycles. The first-order valence-corrected chi connectivity index (χ1v) is 6.92. The number of hydrogen-bond acceptors (Lipinski definition) is 3. The van der Waals surface area contributed by atoms with Crippen molar-refractivity contribution in [3.05, 3.63) is 29.8 Å². The number of fused-ring (bicyclic) bond motifs is 1. The molecule has 0 spiro atoms. The zero-order valence-corrected chi connectivity index (χ0v) is 10.7. The van der Waals surface area contributed by atoms with Gasteiger partial charge in [0.15, 0.2) is 0 Å². The minimum Gasteiger partial charge on any atom is -0.493 e. The number of para-hydroxylation sites is 1. The van der Waals surface area contributed by atoms with E-state index in [4.69, 9.17) is 4.74 Å². The van der Waals surface area contributed by atoms with Gasteiger partial charge in [-0.3, -0.25) is 0 Å². The van der Waals surface area contributed by atoms with Gasteiger partial charge in [-0.15, -0.1) is 0 Å². The minimum atomic E-state index is -0.486. The van der Waals surface area contributed by atoms with Gasteiger partial charge in [0.25, 0.3) is 0 Å². The van der Waals surface area contributed by atoms with Crippen molar-refractivity contribution in [2.45, 2.75) is 37.2 Å². The molecule has 1 aromatic rings. The van der Waals surface area contributed by atoms with E-state index in [1.165, 1.54) is 5.56 Å². The predicted octanol–water partition coefficient (Wildman–Crippen LogP) is 2.06. The Kier molecular flexibility index (Phi) is 3.27. The van der Waals surface area contributed by atoms with Crippen molar-refractivity contribution in [2.75, 3.05) is 19.7 Å². The molecular weight excluding hydrogens is 226 g/mol. The summed E-state index contributed by atoms with van der Waals surface area (Å²) in [6.07, 6.45) is 3.63. The fourth-order valence-corrected chi connectivity index (χ4v) is 3.18. The molecule has 0 amide bonds. The van der Waals surface area contributed by atoms with E-state index in [9.17, 15) is 5.11 Å². The highest BCUT2D eigenvalue weighted by Gasteiger charge is 2.34. The summed E-state index contributed by atoms with van der Waals surface area (Å²) in [5.74, 6) is 1.45. The van der Waals surface area contributed by atoms with E-state index in [0.717, 1.165) is 51.1 Å². The molecule has 1 atom stereocenters. The van der Waals surface area contributed by atoms with Crippen LogP contribution in [0.15, 0.2) is 24.3 Å². The molecule has 18 heavy (non-hydrogen) atoms. The van der Waals surface area contributed by atoms with Crippen LogP contribution in [0.2, 0.25) is 0 Å². The molecule has 1 fully saturated rings. The Morgan fingerprint density at radius 3 is 2.89 bits per heavy atom. The van der Waals surface area contributed by atoms with Crippen LogP contribution in [0.5, 0.6) is 5.75 Å². The summed E-state index contributed by atoms with van der Waals surface area (Å²) in [5.41, 5.74) is 0.788. The van der Waals surface area contributed by atoms with Gasteiger partial charge in [0.1, 0.15) is 5.75 Å². The Labute approximate surface area is 108 Å². The number of piperidine rings is 1. The summed E-state index contributed by atoms with van der Waals surface area (Å²) in [6, 6.07) is 8.25. The third-order valence-electron chi connectivity index (χ3n) is 4.24. The average molecular weight is 247 g/mol. The molecular formula is C15H21NO2. The molecule has 3 rings (SSSR count). The molecule has 98 valence electrons. The van der Waals surface area contributed by atoms with Crippen LogP contribution in [0.4, 0.5) is 0 Å². The first-order chi connectivity index (χ1) is 8.77. The maximum atomic E-state index is 10.7. The molecule has 2 heterocycles. The lowest BCUT2D eigenvalue weighted by molar-refractivity contribution is -0.00680. The van der Waals surface area contributed by atoms with Gasteiger partial charge in [-0.05, 0) is 56.3 Å². The Bertz CT molecular complexity index is 413. The van der Waals surface area contributed by atoms with E-state index >= 15 is 0 Å². The second-order valence-electron chi connectivity index (χ2n) is 5.55. The van der Waals surface area contributed by atoms with Gasteiger partial charge in [-0.1, -0.05) is 18.2 Å². The first-order valence-electron chi connectivity index (χ1n) is 6.92. The van der Waals surface area contributed by atoms with Gasteiger partial charge in [0.05, 0.1) is 12.2 Å². The summed E-state index contributed by atoms with van der Waals surface area (Å²) in [6.45, 7) is 2.64. The molecule has 0 radical (unpaired) electrons.